The van der Waals surface area contributed by atoms with E-state index < -0.39 is 18.3 Å². The van der Waals surface area contributed by atoms with Crippen LogP contribution in [0.5, 0.6) is 5.75 Å². The Labute approximate surface area is 228 Å². The van der Waals surface area contributed by atoms with Crippen molar-refractivity contribution in [3.05, 3.63) is 53.6 Å². The average Bonchev–Trinajstić information content (AvgIpc) is 3.50. The molecule has 0 aliphatic carbocycles. The van der Waals surface area contributed by atoms with Gasteiger partial charge in [-0.15, -0.1) is 11.3 Å². The maximum absolute atomic E-state index is 13.7. The zero-order valence-electron chi connectivity index (χ0n) is 22.2. The van der Waals surface area contributed by atoms with Crippen LogP contribution in [0.25, 0.3) is 20.2 Å². The molecule has 4 nitrogen and oxygen atoms in total. The molecule has 2 aromatic carbocycles. The molecule has 190 valence electrons. The lowest BCUT2D eigenvalue weighted by molar-refractivity contribution is 0.00578. The van der Waals surface area contributed by atoms with Crippen LogP contribution in [-0.4, -0.2) is 32.1 Å². The standard InChI is InChI=1S/C29H32B2O4S2/c1-6-7-8-12-15-19-20-17-23(31-34-28(2,3)29(4,5)35-31)37-25(20)26-21(16-22(30)36-26)24(19)27(32)33-18-13-10-9-11-14-18/h9-11,13-14,16-17H,6-8,12,15H2,1-5H3. The van der Waals surface area contributed by atoms with Gasteiger partial charge in [-0.3, -0.25) is 0 Å². The SMILES string of the molecule is [B]c1cc2c(C(=O)Oc3ccccc3)c(CCCCCC)c3cc(B4OC(C)(C)C(C)(C)O4)sc3c2s1. The van der Waals surface area contributed by atoms with Gasteiger partial charge in [0.15, 0.2) is 0 Å². The highest BCUT2D eigenvalue weighted by atomic mass is 32.1. The van der Waals surface area contributed by atoms with Crippen LogP contribution in [0.3, 0.4) is 0 Å². The highest BCUT2D eigenvalue weighted by Crippen LogP contribution is 2.42. The van der Waals surface area contributed by atoms with E-state index in [2.05, 4.69) is 40.7 Å². The summed E-state index contributed by atoms with van der Waals surface area (Å²) in [6.45, 7) is 10.5. The van der Waals surface area contributed by atoms with E-state index in [0.29, 0.717) is 16.1 Å². The normalized spacial score (nSPS) is 16.6. The van der Waals surface area contributed by atoms with Crippen LogP contribution in [0, 0.1) is 0 Å². The smallest absolute Gasteiger partial charge is 0.423 e. The number of thiophene rings is 2. The molecule has 0 unspecified atom stereocenters. The third kappa shape index (κ3) is 5.01. The first-order valence-corrected chi connectivity index (χ1v) is 14.6. The minimum atomic E-state index is -0.456. The van der Waals surface area contributed by atoms with Crippen LogP contribution >= 0.6 is 22.7 Å². The number of fused-ring (bicyclic) bond motifs is 3. The summed E-state index contributed by atoms with van der Waals surface area (Å²) in [5.41, 5.74) is 0.791. The number of rotatable bonds is 8. The molecule has 2 radical (unpaired) electrons. The van der Waals surface area contributed by atoms with Gasteiger partial charge in [0.2, 0.25) is 0 Å². The Bertz CT molecular complexity index is 1420. The van der Waals surface area contributed by atoms with Gasteiger partial charge < -0.3 is 14.0 Å². The van der Waals surface area contributed by atoms with Crippen LogP contribution in [-0.2, 0) is 15.7 Å². The molecule has 2 aromatic heterocycles. The van der Waals surface area contributed by atoms with E-state index in [1.807, 2.05) is 24.3 Å². The third-order valence-corrected chi connectivity index (χ3v) is 9.81. The Morgan fingerprint density at radius 2 is 1.62 bits per heavy atom. The first kappa shape index (κ1) is 26.5. The van der Waals surface area contributed by atoms with Crippen molar-refractivity contribution in [3.63, 3.8) is 0 Å². The quantitative estimate of drug-likeness (QED) is 0.112. The Balaban J connectivity index is 1.66. The second-order valence-corrected chi connectivity index (χ2v) is 12.9. The summed E-state index contributed by atoms with van der Waals surface area (Å²) in [7, 11) is 5.86. The maximum Gasteiger partial charge on any atom is 0.505 e. The number of ether oxygens (including phenoxy) is 1. The second-order valence-electron chi connectivity index (χ2n) is 10.7. The minimum Gasteiger partial charge on any atom is -0.423 e. The van der Waals surface area contributed by atoms with E-state index in [0.717, 1.165) is 56.2 Å². The van der Waals surface area contributed by atoms with Crippen LogP contribution in [0.15, 0.2) is 42.5 Å². The van der Waals surface area contributed by atoms with Gasteiger partial charge in [-0.1, -0.05) is 50.5 Å². The predicted octanol–water partition coefficient (Wildman–Crippen LogP) is 6.55. The summed E-state index contributed by atoms with van der Waals surface area (Å²) >= 11 is 3.19. The third-order valence-electron chi connectivity index (χ3n) is 7.53. The maximum atomic E-state index is 13.7. The van der Waals surface area contributed by atoms with Gasteiger partial charge in [0, 0.05) is 10.2 Å². The van der Waals surface area contributed by atoms with E-state index in [9.17, 15) is 4.79 Å². The molecular formula is C29H32B2O4S2. The van der Waals surface area contributed by atoms with Gasteiger partial charge >= 0.3 is 13.1 Å². The molecular weight excluding hydrogens is 498 g/mol. The minimum absolute atomic E-state index is 0.343. The van der Waals surface area contributed by atoms with Gasteiger partial charge in [0.25, 0.3) is 0 Å². The van der Waals surface area contributed by atoms with Gasteiger partial charge in [-0.05, 0) is 74.5 Å². The van der Waals surface area contributed by atoms with Crippen molar-refractivity contribution in [1.82, 2.24) is 0 Å². The molecule has 4 aromatic rings. The topological polar surface area (TPSA) is 44.8 Å². The van der Waals surface area contributed by atoms with Crippen molar-refractivity contribution in [1.29, 1.82) is 0 Å². The number of hydrogen-bond acceptors (Lipinski definition) is 6. The molecule has 1 aliphatic rings. The summed E-state index contributed by atoms with van der Waals surface area (Å²) in [6.07, 6.45) is 5.23. The summed E-state index contributed by atoms with van der Waals surface area (Å²) < 4.78 is 22.5. The van der Waals surface area contributed by atoms with Crippen molar-refractivity contribution < 1.29 is 18.8 Å². The van der Waals surface area contributed by atoms with Crippen molar-refractivity contribution in [2.24, 2.45) is 0 Å². The molecule has 0 saturated carbocycles. The zero-order valence-corrected chi connectivity index (χ0v) is 23.8. The molecule has 1 aliphatic heterocycles. The number of carbonyl (C=O) groups is 1. The van der Waals surface area contributed by atoms with Gasteiger partial charge in [-0.25, -0.2) is 4.79 Å². The monoisotopic (exact) mass is 530 g/mol. The molecule has 0 atom stereocenters. The fourth-order valence-electron chi connectivity index (χ4n) is 4.81. The average molecular weight is 530 g/mol. The number of benzene rings is 2. The molecule has 5 rings (SSSR count). The first-order chi connectivity index (χ1) is 17.6. The fourth-order valence-corrected chi connectivity index (χ4v) is 7.04. The summed E-state index contributed by atoms with van der Waals surface area (Å²) in [5, 5.41) is 1.93. The first-order valence-electron chi connectivity index (χ1n) is 13.0. The van der Waals surface area contributed by atoms with E-state index in [1.165, 1.54) is 17.8 Å². The molecule has 1 fully saturated rings. The Morgan fingerprint density at radius 1 is 0.946 bits per heavy atom. The van der Waals surface area contributed by atoms with Gasteiger partial charge in [0.05, 0.1) is 26.2 Å². The lowest BCUT2D eigenvalue weighted by Crippen LogP contribution is -2.41. The number of esters is 1. The lowest BCUT2D eigenvalue weighted by atomic mass is 9.86. The summed E-state index contributed by atoms with van der Waals surface area (Å²) in [6, 6.07) is 13.3. The number of aryl methyl sites for hydroxylation is 1. The second kappa shape index (κ2) is 10.2. The highest BCUT2D eigenvalue weighted by molar-refractivity contribution is 7.34. The number of unbranched alkanes of at least 4 members (excludes halogenated alkanes) is 3. The molecule has 0 N–H and O–H groups in total. The van der Waals surface area contributed by atoms with Crippen LogP contribution in [0.4, 0.5) is 0 Å². The van der Waals surface area contributed by atoms with E-state index in [1.54, 1.807) is 23.5 Å². The van der Waals surface area contributed by atoms with Gasteiger partial charge in [0.1, 0.15) is 13.6 Å². The lowest BCUT2D eigenvalue weighted by Gasteiger charge is -2.32. The largest absolute Gasteiger partial charge is 0.505 e. The van der Waals surface area contributed by atoms with Crippen molar-refractivity contribution in [3.8, 4) is 5.75 Å². The molecule has 8 heteroatoms. The van der Waals surface area contributed by atoms with Crippen LogP contribution < -0.4 is 14.3 Å². The van der Waals surface area contributed by atoms with E-state index in [4.69, 9.17) is 21.9 Å². The molecule has 0 amide bonds. The number of carbonyl (C=O) groups excluding carboxylic acids is 1. The van der Waals surface area contributed by atoms with Crippen molar-refractivity contribution in [2.75, 3.05) is 0 Å². The number of hydrogen-bond donors (Lipinski definition) is 0. The summed E-state index contributed by atoms with van der Waals surface area (Å²) in [5.74, 6) is 0.189. The molecule has 3 heterocycles. The Morgan fingerprint density at radius 3 is 2.30 bits per heavy atom. The Kier molecular flexibility index (Phi) is 7.31. The highest BCUT2D eigenvalue weighted by Gasteiger charge is 2.52. The van der Waals surface area contributed by atoms with Gasteiger partial charge in [-0.2, -0.15) is 11.3 Å². The predicted molar refractivity (Wildman–Crippen MR) is 158 cm³/mol. The molecule has 0 spiro atoms. The van der Waals surface area contributed by atoms with Crippen LogP contribution in [0.2, 0.25) is 0 Å². The van der Waals surface area contributed by atoms with Crippen molar-refractivity contribution in [2.45, 2.75) is 77.9 Å². The summed E-state index contributed by atoms with van der Waals surface area (Å²) in [4.78, 5) is 13.7. The van der Waals surface area contributed by atoms with E-state index in [-0.39, 0.29) is 5.97 Å². The fraction of sp³-hybridized carbons (Fsp3) is 0.414. The van der Waals surface area contributed by atoms with E-state index >= 15 is 0 Å². The zero-order chi connectivity index (χ0) is 26.4. The molecule has 0 bridgehead atoms. The van der Waals surface area contributed by atoms with Crippen LogP contribution in [0.1, 0.15) is 76.2 Å². The Hall–Kier alpha value is -2.12. The molecule has 1 saturated heterocycles. The number of para-hydroxylation sites is 1. The molecule has 37 heavy (non-hydrogen) atoms. The van der Waals surface area contributed by atoms with Crippen molar-refractivity contribution >= 4 is 73.3 Å².